The number of likely N-dealkylation sites (tertiary alicyclic amines) is 1. The molecule has 0 saturated carbocycles. The summed E-state index contributed by atoms with van der Waals surface area (Å²) in [6, 6.07) is 3.06. The fraction of sp³-hybridized carbons (Fsp3) is 0.562. The van der Waals surface area contributed by atoms with Crippen LogP contribution in [0.25, 0.3) is 0 Å². The topological polar surface area (TPSA) is 69.3 Å². The van der Waals surface area contributed by atoms with Crippen LogP contribution in [-0.4, -0.2) is 57.2 Å². The van der Waals surface area contributed by atoms with Crippen LogP contribution in [0.1, 0.15) is 12.8 Å². The van der Waals surface area contributed by atoms with E-state index < -0.39 is 5.79 Å². The third-order valence-corrected chi connectivity index (χ3v) is 4.64. The van der Waals surface area contributed by atoms with E-state index in [9.17, 15) is 4.79 Å². The second-order valence-corrected chi connectivity index (χ2v) is 6.12. The van der Waals surface area contributed by atoms with Gasteiger partial charge in [0.25, 0.3) is 0 Å². The Morgan fingerprint density at radius 1 is 1.17 bits per heavy atom. The van der Waals surface area contributed by atoms with Crippen LogP contribution in [-0.2, 0) is 9.47 Å². The highest BCUT2D eigenvalue weighted by Gasteiger charge is 2.40. The first-order valence-corrected chi connectivity index (χ1v) is 8.20. The average molecular weight is 357 g/mol. The number of hydrogen-bond donors (Lipinski definition) is 1. The minimum absolute atomic E-state index is 0.203. The fourth-order valence-electron chi connectivity index (χ4n) is 2.99. The van der Waals surface area contributed by atoms with Gasteiger partial charge in [0.05, 0.1) is 38.1 Å². The van der Waals surface area contributed by atoms with Crippen molar-refractivity contribution in [3.8, 4) is 11.5 Å². The molecule has 8 heteroatoms. The number of benzene rings is 1. The Hall–Kier alpha value is -1.70. The molecule has 24 heavy (non-hydrogen) atoms. The molecule has 0 radical (unpaired) electrons. The van der Waals surface area contributed by atoms with Gasteiger partial charge in [0.2, 0.25) is 0 Å². The molecule has 7 nitrogen and oxygen atoms in total. The highest BCUT2D eigenvalue weighted by molar-refractivity contribution is 6.32. The molecular formula is C16H21ClN2O5. The number of halogens is 1. The predicted octanol–water partition coefficient (Wildman–Crippen LogP) is 2.73. The monoisotopic (exact) mass is 356 g/mol. The Bertz CT molecular complexity index is 609. The maximum atomic E-state index is 12.5. The summed E-state index contributed by atoms with van der Waals surface area (Å²) in [6.07, 6.45) is 1.34. The normalized spacial score (nSPS) is 19.4. The van der Waals surface area contributed by atoms with Gasteiger partial charge in [-0.3, -0.25) is 0 Å². The largest absolute Gasteiger partial charge is 0.495 e. The lowest BCUT2D eigenvalue weighted by Gasteiger charge is -2.37. The van der Waals surface area contributed by atoms with Crippen LogP contribution < -0.4 is 14.8 Å². The van der Waals surface area contributed by atoms with Gasteiger partial charge in [-0.25, -0.2) is 4.79 Å². The number of hydrogen-bond acceptors (Lipinski definition) is 5. The van der Waals surface area contributed by atoms with E-state index in [-0.39, 0.29) is 6.03 Å². The van der Waals surface area contributed by atoms with Crippen molar-refractivity contribution in [2.75, 3.05) is 45.8 Å². The molecule has 0 aliphatic carbocycles. The zero-order valence-corrected chi connectivity index (χ0v) is 14.5. The summed E-state index contributed by atoms with van der Waals surface area (Å²) in [5.74, 6) is 0.445. The van der Waals surface area contributed by atoms with Gasteiger partial charge in [-0.1, -0.05) is 11.6 Å². The average Bonchev–Trinajstić information content (AvgIpc) is 3.04. The van der Waals surface area contributed by atoms with Crippen LogP contribution >= 0.6 is 11.6 Å². The third kappa shape index (κ3) is 3.38. The first-order chi connectivity index (χ1) is 11.6. The molecule has 0 unspecified atom stereocenters. The Labute approximate surface area is 145 Å². The van der Waals surface area contributed by atoms with Gasteiger partial charge in [-0.15, -0.1) is 0 Å². The van der Waals surface area contributed by atoms with Crippen molar-refractivity contribution in [3.05, 3.63) is 17.2 Å². The van der Waals surface area contributed by atoms with Gasteiger partial charge >= 0.3 is 6.03 Å². The zero-order valence-electron chi connectivity index (χ0n) is 13.8. The molecule has 2 saturated heterocycles. The number of nitrogens with one attached hydrogen (secondary N) is 1. The standard InChI is InChI=1S/C16H21ClN2O5/c1-21-13-10-12(14(22-2)9-11(13)17)18-15(20)19-5-3-16(4-6-19)23-7-8-24-16/h9-10H,3-8H2,1-2H3,(H,18,20). The third-order valence-electron chi connectivity index (χ3n) is 4.34. The molecule has 2 heterocycles. The Kier molecular flexibility index (Phi) is 5.03. The quantitative estimate of drug-likeness (QED) is 0.901. The minimum Gasteiger partial charge on any atom is -0.495 e. The van der Waals surface area contributed by atoms with E-state index in [1.165, 1.54) is 14.2 Å². The second kappa shape index (κ2) is 7.04. The molecule has 0 bridgehead atoms. The zero-order chi connectivity index (χ0) is 17.2. The lowest BCUT2D eigenvalue weighted by molar-refractivity contribution is -0.181. The van der Waals surface area contributed by atoms with E-state index >= 15 is 0 Å². The summed E-state index contributed by atoms with van der Waals surface area (Å²) in [5, 5.41) is 3.27. The van der Waals surface area contributed by atoms with Crippen molar-refractivity contribution in [2.24, 2.45) is 0 Å². The number of anilines is 1. The van der Waals surface area contributed by atoms with Crippen molar-refractivity contribution in [1.29, 1.82) is 0 Å². The number of methoxy groups -OCH3 is 2. The summed E-state index contributed by atoms with van der Waals surface area (Å²) in [6.45, 7) is 2.37. The Morgan fingerprint density at radius 3 is 2.38 bits per heavy atom. The number of carbonyl (C=O) groups excluding carboxylic acids is 1. The lowest BCUT2D eigenvalue weighted by Crippen LogP contribution is -2.48. The summed E-state index contributed by atoms with van der Waals surface area (Å²) in [5.41, 5.74) is 0.511. The highest BCUT2D eigenvalue weighted by Crippen LogP contribution is 2.36. The minimum atomic E-state index is -0.502. The maximum absolute atomic E-state index is 12.5. The van der Waals surface area contributed by atoms with Crippen molar-refractivity contribution < 1.29 is 23.7 Å². The summed E-state index contributed by atoms with van der Waals surface area (Å²) in [7, 11) is 3.04. The van der Waals surface area contributed by atoms with Gasteiger partial charge in [-0.2, -0.15) is 0 Å². The highest BCUT2D eigenvalue weighted by atomic mass is 35.5. The lowest BCUT2D eigenvalue weighted by atomic mass is 10.0. The van der Waals surface area contributed by atoms with E-state index in [1.54, 1.807) is 17.0 Å². The number of amides is 2. The van der Waals surface area contributed by atoms with Crippen LogP contribution in [0.5, 0.6) is 11.5 Å². The molecule has 1 N–H and O–H groups in total. The van der Waals surface area contributed by atoms with E-state index in [2.05, 4.69) is 5.32 Å². The van der Waals surface area contributed by atoms with Gasteiger partial charge in [0, 0.05) is 38.1 Å². The number of urea groups is 1. The fourth-order valence-corrected chi connectivity index (χ4v) is 3.22. The molecule has 0 aromatic heterocycles. The van der Waals surface area contributed by atoms with E-state index in [0.29, 0.717) is 61.4 Å². The smallest absolute Gasteiger partial charge is 0.321 e. The SMILES string of the molecule is COc1cc(NC(=O)N2CCC3(CC2)OCCO3)c(OC)cc1Cl. The first kappa shape index (κ1) is 17.1. The van der Waals surface area contributed by atoms with E-state index in [1.807, 2.05) is 0 Å². The molecular weight excluding hydrogens is 336 g/mol. The molecule has 1 spiro atoms. The molecule has 132 valence electrons. The molecule has 1 aromatic rings. The van der Waals surface area contributed by atoms with E-state index in [4.69, 9.17) is 30.5 Å². The van der Waals surface area contributed by atoms with Crippen LogP contribution in [0, 0.1) is 0 Å². The number of piperidine rings is 1. The molecule has 1 aromatic carbocycles. The van der Waals surface area contributed by atoms with Crippen molar-refractivity contribution in [2.45, 2.75) is 18.6 Å². The van der Waals surface area contributed by atoms with Gasteiger partial charge in [0.1, 0.15) is 11.5 Å². The van der Waals surface area contributed by atoms with Gasteiger partial charge in [-0.05, 0) is 0 Å². The van der Waals surface area contributed by atoms with Crippen LogP contribution in [0.4, 0.5) is 10.5 Å². The number of rotatable bonds is 3. The Balaban J connectivity index is 1.67. The number of carbonyl (C=O) groups is 1. The first-order valence-electron chi connectivity index (χ1n) is 7.82. The molecule has 2 aliphatic heterocycles. The van der Waals surface area contributed by atoms with E-state index in [0.717, 1.165) is 0 Å². The molecule has 3 rings (SSSR count). The van der Waals surface area contributed by atoms with Crippen molar-refractivity contribution in [1.82, 2.24) is 4.90 Å². The van der Waals surface area contributed by atoms with Crippen LogP contribution in [0.3, 0.4) is 0 Å². The van der Waals surface area contributed by atoms with Gasteiger partial charge < -0.3 is 29.2 Å². The van der Waals surface area contributed by atoms with Crippen LogP contribution in [0.15, 0.2) is 12.1 Å². The predicted molar refractivity (Wildman–Crippen MR) is 89.0 cm³/mol. The molecule has 0 atom stereocenters. The Morgan fingerprint density at radius 2 is 1.79 bits per heavy atom. The summed E-state index contributed by atoms with van der Waals surface area (Å²) in [4.78, 5) is 14.3. The van der Waals surface area contributed by atoms with Crippen molar-refractivity contribution >= 4 is 23.3 Å². The maximum Gasteiger partial charge on any atom is 0.321 e. The van der Waals surface area contributed by atoms with Crippen molar-refractivity contribution in [3.63, 3.8) is 0 Å². The summed E-state index contributed by atoms with van der Waals surface area (Å²) < 4.78 is 21.8. The number of ether oxygens (including phenoxy) is 4. The molecule has 2 fully saturated rings. The molecule has 2 aliphatic rings. The summed E-state index contributed by atoms with van der Waals surface area (Å²) >= 11 is 6.08. The molecule has 2 amide bonds. The van der Waals surface area contributed by atoms with Gasteiger partial charge in [0.15, 0.2) is 5.79 Å². The van der Waals surface area contributed by atoms with Crippen LogP contribution in [0.2, 0.25) is 5.02 Å². The second-order valence-electron chi connectivity index (χ2n) is 5.71. The number of nitrogens with zero attached hydrogens (tertiary/aromatic N) is 1.